The average Bonchev–Trinajstić information content (AvgIpc) is 2.47. The average molecular weight is 231 g/mol. The van der Waals surface area contributed by atoms with E-state index < -0.39 is 15.9 Å². The van der Waals surface area contributed by atoms with Crippen molar-refractivity contribution in [2.75, 3.05) is 6.54 Å². The molecule has 1 amide bonds. The van der Waals surface area contributed by atoms with Gasteiger partial charge in [-0.15, -0.1) is 0 Å². The Bertz CT molecular complexity index is 475. The summed E-state index contributed by atoms with van der Waals surface area (Å²) in [6.45, 7) is 1.97. The quantitative estimate of drug-likeness (QED) is 0.726. The van der Waals surface area contributed by atoms with E-state index in [1.165, 1.54) is 16.8 Å². The van der Waals surface area contributed by atoms with E-state index in [1.54, 1.807) is 14.0 Å². The minimum Gasteiger partial charge on any atom is -0.364 e. The predicted molar refractivity (Wildman–Crippen MR) is 54.8 cm³/mol. The van der Waals surface area contributed by atoms with Crippen molar-refractivity contribution in [2.24, 2.45) is 12.8 Å². The molecule has 0 unspecified atom stereocenters. The van der Waals surface area contributed by atoms with Crippen molar-refractivity contribution < 1.29 is 13.2 Å². The summed E-state index contributed by atoms with van der Waals surface area (Å²) in [5.41, 5.74) is 5.23. The third-order valence-electron chi connectivity index (χ3n) is 1.88. The van der Waals surface area contributed by atoms with E-state index in [4.69, 9.17) is 5.73 Å². The van der Waals surface area contributed by atoms with Gasteiger partial charge in [0.2, 0.25) is 10.0 Å². The summed E-state index contributed by atoms with van der Waals surface area (Å²) in [6.07, 6.45) is 1.35. The van der Waals surface area contributed by atoms with Gasteiger partial charge >= 0.3 is 0 Å². The molecule has 15 heavy (non-hydrogen) atoms. The molecule has 0 spiro atoms. The number of nitrogens with one attached hydrogen (secondary N) is 1. The van der Waals surface area contributed by atoms with Crippen LogP contribution in [0, 0.1) is 0 Å². The van der Waals surface area contributed by atoms with Gasteiger partial charge in [0.25, 0.3) is 5.91 Å². The van der Waals surface area contributed by atoms with Crippen molar-refractivity contribution in [3.05, 3.63) is 18.0 Å². The Morgan fingerprint density at radius 2 is 2.20 bits per heavy atom. The summed E-state index contributed by atoms with van der Waals surface area (Å²) < 4.78 is 26.8. The second-order valence-electron chi connectivity index (χ2n) is 3.04. The number of hydrogen-bond acceptors (Lipinski definition) is 3. The van der Waals surface area contributed by atoms with Gasteiger partial charge in [-0.2, -0.15) is 0 Å². The first kappa shape index (κ1) is 11.7. The van der Waals surface area contributed by atoms with E-state index in [9.17, 15) is 13.2 Å². The topological polar surface area (TPSA) is 94.2 Å². The van der Waals surface area contributed by atoms with Gasteiger partial charge in [0.15, 0.2) is 0 Å². The van der Waals surface area contributed by atoms with Crippen LogP contribution in [-0.2, 0) is 17.1 Å². The van der Waals surface area contributed by atoms with Crippen molar-refractivity contribution in [1.29, 1.82) is 0 Å². The van der Waals surface area contributed by atoms with Crippen LogP contribution in [0.3, 0.4) is 0 Å². The summed E-state index contributed by atoms with van der Waals surface area (Å²) in [7, 11) is -1.96. The lowest BCUT2D eigenvalue weighted by Gasteiger charge is -1.99. The Morgan fingerprint density at radius 3 is 2.60 bits per heavy atom. The van der Waals surface area contributed by atoms with E-state index in [0.29, 0.717) is 6.54 Å². The molecule has 6 nitrogen and oxygen atoms in total. The van der Waals surface area contributed by atoms with Crippen LogP contribution in [0.4, 0.5) is 0 Å². The monoisotopic (exact) mass is 231 g/mol. The highest BCUT2D eigenvalue weighted by Crippen LogP contribution is 2.12. The zero-order valence-corrected chi connectivity index (χ0v) is 9.34. The molecule has 0 radical (unpaired) electrons. The number of nitrogens with two attached hydrogens (primary N) is 1. The van der Waals surface area contributed by atoms with Crippen molar-refractivity contribution in [3.8, 4) is 0 Å². The Morgan fingerprint density at radius 1 is 1.60 bits per heavy atom. The first-order chi connectivity index (χ1) is 6.88. The number of carbonyl (C=O) groups excluding carboxylic acids is 1. The second kappa shape index (κ2) is 4.03. The molecule has 1 heterocycles. The van der Waals surface area contributed by atoms with Crippen LogP contribution in [0.5, 0.6) is 0 Å². The fourth-order valence-corrected chi connectivity index (χ4v) is 2.31. The van der Waals surface area contributed by atoms with E-state index in [2.05, 4.69) is 4.72 Å². The molecule has 3 N–H and O–H groups in total. The second-order valence-corrected chi connectivity index (χ2v) is 4.80. The SMILES string of the molecule is CCNS(=O)(=O)c1cc(C(N)=O)n(C)c1. The highest BCUT2D eigenvalue weighted by molar-refractivity contribution is 7.89. The molecule has 1 aromatic rings. The number of rotatable bonds is 4. The van der Waals surface area contributed by atoms with Gasteiger partial charge in [0.1, 0.15) is 10.6 Å². The Hall–Kier alpha value is -1.34. The molecular weight excluding hydrogens is 218 g/mol. The van der Waals surface area contributed by atoms with Gasteiger partial charge in [-0.05, 0) is 6.07 Å². The number of hydrogen-bond donors (Lipinski definition) is 2. The maximum atomic E-state index is 11.5. The summed E-state index contributed by atoms with van der Waals surface area (Å²) in [4.78, 5) is 10.9. The van der Waals surface area contributed by atoms with E-state index in [0.717, 1.165) is 0 Å². The van der Waals surface area contributed by atoms with Crippen LogP contribution in [0.1, 0.15) is 17.4 Å². The zero-order chi connectivity index (χ0) is 11.6. The Balaban J connectivity index is 3.19. The van der Waals surface area contributed by atoms with Crippen molar-refractivity contribution >= 4 is 15.9 Å². The van der Waals surface area contributed by atoms with Gasteiger partial charge in [0.05, 0.1) is 0 Å². The summed E-state index contributed by atoms with van der Waals surface area (Å²) in [5, 5.41) is 0. The fourth-order valence-electron chi connectivity index (χ4n) is 1.20. The van der Waals surface area contributed by atoms with Crippen molar-refractivity contribution in [3.63, 3.8) is 0 Å². The molecular formula is C8H13N3O3S. The molecule has 7 heteroatoms. The molecule has 0 atom stereocenters. The van der Waals surface area contributed by atoms with Crippen LogP contribution in [0.15, 0.2) is 17.2 Å². The lowest BCUT2D eigenvalue weighted by molar-refractivity contribution is 0.0992. The Kier molecular flexibility index (Phi) is 3.15. The number of nitrogens with zero attached hydrogens (tertiary/aromatic N) is 1. The number of amides is 1. The maximum Gasteiger partial charge on any atom is 0.265 e. The predicted octanol–water partition coefficient (Wildman–Crippen LogP) is -0.578. The van der Waals surface area contributed by atoms with Gasteiger partial charge < -0.3 is 10.3 Å². The number of sulfonamides is 1. The van der Waals surface area contributed by atoms with E-state index in [-0.39, 0.29) is 10.6 Å². The van der Waals surface area contributed by atoms with Crippen LogP contribution in [0.25, 0.3) is 0 Å². The standard InChI is InChI=1S/C8H13N3O3S/c1-3-10-15(13,14)6-4-7(8(9)12)11(2)5-6/h4-5,10H,3H2,1-2H3,(H2,9,12). The molecule has 0 saturated heterocycles. The largest absolute Gasteiger partial charge is 0.364 e. The minimum absolute atomic E-state index is 0.0423. The Labute approximate surface area is 88.1 Å². The third-order valence-corrected chi connectivity index (χ3v) is 3.39. The molecule has 0 aromatic carbocycles. The molecule has 0 fully saturated rings. The highest BCUT2D eigenvalue weighted by atomic mass is 32.2. The number of carbonyl (C=O) groups is 1. The smallest absolute Gasteiger partial charge is 0.265 e. The normalized spacial score (nSPS) is 11.6. The summed E-state index contributed by atoms with van der Waals surface area (Å²) in [5.74, 6) is -0.657. The summed E-state index contributed by atoms with van der Waals surface area (Å²) in [6, 6.07) is 1.25. The number of aromatic nitrogens is 1. The molecule has 0 aliphatic rings. The van der Waals surface area contributed by atoms with Gasteiger partial charge in [-0.3, -0.25) is 4.79 Å². The lowest BCUT2D eigenvalue weighted by atomic mass is 10.4. The minimum atomic E-state index is -3.52. The first-order valence-corrected chi connectivity index (χ1v) is 5.82. The zero-order valence-electron chi connectivity index (χ0n) is 8.52. The molecule has 0 aliphatic heterocycles. The third kappa shape index (κ3) is 2.37. The highest BCUT2D eigenvalue weighted by Gasteiger charge is 2.18. The number of aryl methyl sites for hydroxylation is 1. The first-order valence-electron chi connectivity index (χ1n) is 4.34. The van der Waals surface area contributed by atoms with E-state index >= 15 is 0 Å². The van der Waals surface area contributed by atoms with Crippen LogP contribution in [0.2, 0.25) is 0 Å². The summed E-state index contributed by atoms with van der Waals surface area (Å²) >= 11 is 0. The molecule has 0 saturated carbocycles. The van der Waals surface area contributed by atoms with E-state index in [1.807, 2.05) is 0 Å². The van der Waals surface area contributed by atoms with Crippen LogP contribution < -0.4 is 10.5 Å². The molecule has 84 valence electrons. The molecule has 1 rings (SSSR count). The van der Waals surface area contributed by atoms with Crippen LogP contribution >= 0.6 is 0 Å². The van der Waals surface area contributed by atoms with Crippen molar-refractivity contribution in [2.45, 2.75) is 11.8 Å². The molecule has 0 bridgehead atoms. The van der Waals surface area contributed by atoms with Crippen LogP contribution in [-0.4, -0.2) is 25.4 Å². The maximum absolute atomic E-state index is 11.5. The lowest BCUT2D eigenvalue weighted by Crippen LogP contribution is -2.22. The van der Waals surface area contributed by atoms with Gasteiger partial charge in [-0.1, -0.05) is 6.92 Å². The number of primary amides is 1. The van der Waals surface area contributed by atoms with Crippen molar-refractivity contribution in [1.82, 2.24) is 9.29 Å². The fraction of sp³-hybridized carbons (Fsp3) is 0.375. The molecule has 1 aromatic heterocycles. The molecule has 0 aliphatic carbocycles. The van der Waals surface area contributed by atoms with Gasteiger partial charge in [-0.25, -0.2) is 13.1 Å². The van der Waals surface area contributed by atoms with Gasteiger partial charge in [0, 0.05) is 19.8 Å².